The fourth-order valence-electron chi connectivity index (χ4n) is 3.21. The van der Waals surface area contributed by atoms with Crippen LogP contribution in [0.5, 0.6) is 5.75 Å². The molecule has 6 heteroatoms. The molecule has 4 rings (SSSR count). The second kappa shape index (κ2) is 7.60. The molecule has 0 fully saturated rings. The zero-order chi connectivity index (χ0) is 19.5. The van der Waals surface area contributed by atoms with Gasteiger partial charge in [-0.15, -0.1) is 0 Å². The lowest BCUT2D eigenvalue weighted by atomic mass is 10.1. The first-order valence-corrected chi connectivity index (χ1v) is 9.15. The summed E-state index contributed by atoms with van der Waals surface area (Å²) in [6.45, 7) is 0.573. The number of hydrogen-bond donors (Lipinski definition) is 2. The molecule has 0 aliphatic carbocycles. The summed E-state index contributed by atoms with van der Waals surface area (Å²) in [6.07, 6.45) is 4.61. The smallest absolute Gasteiger partial charge is 0.267 e. The molecular weight excluding hydrogens is 352 g/mol. The molecule has 2 heterocycles. The van der Waals surface area contributed by atoms with E-state index in [1.54, 1.807) is 11.8 Å². The Balaban J connectivity index is 1.35. The quantitative estimate of drug-likeness (QED) is 0.542. The van der Waals surface area contributed by atoms with Crippen molar-refractivity contribution in [2.75, 3.05) is 13.7 Å². The van der Waals surface area contributed by atoms with E-state index in [2.05, 4.69) is 39.7 Å². The molecule has 2 aromatic heterocycles. The van der Waals surface area contributed by atoms with Crippen molar-refractivity contribution in [2.45, 2.75) is 6.42 Å². The predicted molar refractivity (Wildman–Crippen MR) is 110 cm³/mol. The molecule has 4 aromatic rings. The van der Waals surface area contributed by atoms with Gasteiger partial charge in [0.15, 0.2) is 0 Å². The molecule has 0 unspecified atom stereocenters. The highest BCUT2D eigenvalue weighted by Crippen LogP contribution is 2.21. The molecule has 0 bridgehead atoms. The number of aromatic nitrogens is 3. The van der Waals surface area contributed by atoms with Crippen LogP contribution in [-0.2, 0) is 13.5 Å². The van der Waals surface area contributed by atoms with Crippen molar-refractivity contribution < 1.29 is 9.53 Å². The maximum atomic E-state index is 12.4. The molecule has 0 aliphatic heterocycles. The predicted octanol–water partition coefficient (Wildman–Crippen LogP) is 3.55. The van der Waals surface area contributed by atoms with Gasteiger partial charge in [-0.1, -0.05) is 24.3 Å². The first kappa shape index (κ1) is 17.9. The summed E-state index contributed by atoms with van der Waals surface area (Å²) in [4.78, 5) is 15.6. The monoisotopic (exact) mass is 374 g/mol. The van der Waals surface area contributed by atoms with E-state index in [1.165, 1.54) is 5.56 Å². The zero-order valence-corrected chi connectivity index (χ0v) is 15.9. The Morgan fingerprint density at radius 3 is 2.68 bits per heavy atom. The van der Waals surface area contributed by atoms with Crippen molar-refractivity contribution in [3.8, 4) is 16.9 Å². The molecule has 0 saturated carbocycles. The molecule has 2 N–H and O–H groups in total. The largest absolute Gasteiger partial charge is 0.497 e. The van der Waals surface area contributed by atoms with E-state index in [0.29, 0.717) is 12.2 Å². The van der Waals surface area contributed by atoms with Crippen LogP contribution < -0.4 is 10.1 Å². The molecule has 1 amide bonds. The lowest BCUT2D eigenvalue weighted by molar-refractivity contribution is 0.0950. The molecule has 0 radical (unpaired) electrons. The van der Waals surface area contributed by atoms with Crippen LogP contribution in [-0.4, -0.2) is 34.3 Å². The number of aromatic amines is 1. The second-order valence-electron chi connectivity index (χ2n) is 6.74. The first-order valence-electron chi connectivity index (χ1n) is 9.15. The summed E-state index contributed by atoms with van der Waals surface area (Å²) in [6, 6.07) is 15.9. The SMILES string of the molecule is COc1ccc2cc(C(=O)NCCc3ccc(-c4cnn(C)c4)cc3)[nH]c2c1. The standard InChI is InChI=1S/C22H22N4O2/c1-26-14-18(13-24-26)16-5-3-15(4-6-16)9-10-23-22(27)21-11-17-7-8-19(28-2)12-20(17)25-21/h3-8,11-14,25H,9-10H2,1-2H3,(H,23,27). The third-order valence-corrected chi connectivity index (χ3v) is 4.77. The maximum Gasteiger partial charge on any atom is 0.267 e. The maximum absolute atomic E-state index is 12.4. The van der Waals surface area contributed by atoms with Crippen LogP contribution in [0, 0.1) is 0 Å². The number of hydrogen-bond acceptors (Lipinski definition) is 3. The van der Waals surface area contributed by atoms with Crippen molar-refractivity contribution in [1.29, 1.82) is 0 Å². The van der Waals surface area contributed by atoms with Crippen LogP contribution in [0.15, 0.2) is 60.9 Å². The molecule has 0 spiro atoms. The first-order chi connectivity index (χ1) is 13.6. The zero-order valence-electron chi connectivity index (χ0n) is 15.9. The Morgan fingerprint density at radius 1 is 1.14 bits per heavy atom. The summed E-state index contributed by atoms with van der Waals surface area (Å²) >= 11 is 0. The van der Waals surface area contributed by atoms with Crippen LogP contribution in [0.1, 0.15) is 16.1 Å². The van der Waals surface area contributed by atoms with Gasteiger partial charge in [-0.05, 0) is 35.7 Å². The van der Waals surface area contributed by atoms with Gasteiger partial charge in [0.25, 0.3) is 5.91 Å². The summed E-state index contributed by atoms with van der Waals surface area (Å²) in [5.74, 6) is 0.651. The van der Waals surface area contributed by atoms with Crippen LogP contribution in [0.3, 0.4) is 0 Å². The minimum Gasteiger partial charge on any atom is -0.497 e. The number of nitrogens with zero attached hydrogens (tertiary/aromatic N) is 2. The minimum atomic E-state index is -0.109. The number of fused-ring (bicyclic) bond motifs is 1. The molecular formula is C22H22N4O2. The van der Waals surface area contributed by atoms with Gasteiger partial charge in [0.05, 0.1) is 13.3 Å². The third-order valence-electron chi connectivity index (χ3n) is 4.77. The van der Waals surface area contributed by atoms with Gasteiger partial charge >= 0.3 is 0 Å². The summed E-state index contributed by atoms with van der Waals surface area (Å²) in [5.41, 5.74) is 4.84. The van der Waals surface area contributed by atoms with Crippen LogP contribution in [0.2, 0.25) is 0 Å². The van der Waals surface area contributed by atoms with E-state index in [-0.39, 0.29) is 5.91 Å². The molecule has 6 nitrogen and oxygen atoms in total. The highest BCUT2D eigenvalue weighted by atomic mass is 16.5. The lowest BCUT2D eigenvalue weighted by Gasteiger charge is -2.05. The third kappa shape index (κ3) is 3.76. The van der Waals surface area contributed by atoms with Crippen molar-refractivity contribution in [1.82, 2.24) is 20.1 Å². The Hall–Kier alpha value is -3.54. The van der Waals surface area contributed by atoms with Gasteiger partial charge in [0.1, 0.15) is 11.4 Å². The van der Waals surface area contributed by atoms with Crippen LogP contribution in [0.25, 0.3) is 22.0 Å². The number of methoxy groups -OCH3 is 1. The van der Waals surface area contributed by atoms with Crippen molar-refractivity contribution >= 4 is 16.8 Å². The van der Waals surface area contributed by atoms with E-state index in [4.69, 9.17) is 4.74 Å². The van der Waals surface area contributed by atoms with E-state index in [0.717, 1.165) is 34.2 Å². The van der Waals surface area contributed by atoms with Gasteiger partial charge in [0, 0.05) is 42.3 Å². The molecule has 0 aliphatic rings. The number of ether oxygens (including phenoxy) is 1. The van der Waals surface area contributed by atoms with Gasteiger partial charge in [0.2, 0.25) is 0 Å². The summed E-state index contributed by atoms with van der Waals surface area (Å²) < 4.78 is 7.01. The normalized spacial score (nSPS) is 10.9. The van der Waals surface area contributed by atoms with E-state index >= 15 is 0 Å². The van der Waals surface area contributed by atoms with Gasteiger partial charge in [-0.3, -0.25) is 9.48 Å². The number of carbonyl (C=O) groups is 1. The Labute approximate surface area is 163 Å². The average Bonchev–Trinajstić information content (AvgIpc) is 3.34. The highest BCUT2D eigenvalue weighted by Gasteiger charge is 2.10. The molecule has 0 saturated heterocycles. The fraction of sp³-hybridized carbons (Fsp3) is 0.182. The number of nitrogens with one attached hydrogen (secondary N) is 2. The molecule has 28 heavy (non-hydrogen) atoms. The number of carbonyl (C=O) groups excluding carboxylic acids is 1. The van der Waals surface area contributed by atoms with Crippen molar-refractivity contribution in [2.24, 2.45) is 7.05 Å². The number of benzene rings is 2. The number of H-pyrrole nitrogens is 1. The van der Waals surface area contributed by atoms with Gasteiger partial charge in [-0.25, -0.2) is 0 Å². The lowest BCUT2D eigenvalue weighted by Crippen LogP contribution is -2.25. The van der Waals surface area contributed by atoms with E-state index < -0.39 is 0 Å². The van der Waals surface area contributed by atoms with E-state index in [9.17, 15) is 4.79 Å². The Morgan fingerprint density at radius 2 is 1.96 bits per heavy atom. The van der Waals surface area contributed by atoms with Crippen LogP contribution in [0.4, 0.5) is 0 Å². The topological polar surface area (TPSA) is 71.9 Å². The second-order valence-corrected chi connectivity index (χ2v) is 6.74. The summed E-state index contributed by atoms with van der Waals surface area (Å²) in [7, 11) is 3.53. The van der Waals surface area contributed by atoms with Crippen LogP contribution >= 0.6 is 0 Å². The van der Waals surface area contributed by atoms with E-state index in [1.807, 2.05) is 43.7 Å². The number of aryl methyl sites for hydroxylation is 1. The van der Waals surface area contributed by atoms with Gasteiger partial charge < -0.3 is 15.0 Å². The average molecular weight is 374 g/mol. The van der Waals surface area contributed by atoms with Crippen molar-refractivity contribution in [3.05, 3.63) is 72.2 Å². The Kier molecular flexibility index (Phi) is 4.85. The van der Waals surface area contributed by atoms with Gasteiger partial charge in [-0.2, -0.15) is 5.10 Å². The van der Waals surface area contributed by atoms with Crippen molar-refractivity contribution in [3.63, 3.8) is 0 Å². The molecule has 2 aromatic carbocycles. The summed E-state index contributed by atoms with van der Waals surface area (Å²) in [5, 5.41) is 8.15. The number of rotatable bonds is 6. The minimum absolute atomic E-state index is 0.109. The Bertz CT molecular complexity index is 1110. The fourth-order valence-corrected chi connectivity index (χ4v) is 3.21. The number of amides is 1. The highest BCUT2D eigenvalue weighted by molar-refractivity contribution is 5.98. The molecule has 0 atom stereocenters. The molecule has 142 valence electrons.